The third-order valence-corrected chi connectivity index (χ3v) is 6.84. The predicted molar refractivity (Wildman–Crippen MR) is 78.6 cm³/mol. The van der Waals surface area contributed by atoms with Gasteiger partial charge in [0.15, 0.2) is 0 Å². The summed E-state index contributed by atoms with van der Waals surface area (Å²) in [6, 6.07) is 0.368. The topological polar surface area (TPSA) is 49.4 Å². The zero-order valence-electron chi connectivity index (χ0n) is 12.5. The Balaban J connectivity index is 1.92. The molecule has 0 spiro atoms. The van der Waals surface area contributed by atoms with Gasteiger partial charge in [0.25, 0.3) is 0 Å². The first kappa shape index (κ1) is 15.3. The molecule has 1 aliphatic carbocycles. The van der Waals surface area contributed by atoms with Crippen molar-refractivity contribution in [3.63, 3.8) is 0 Å². The number of nitrogens with zero attached hydrogens (tertiary/aromatic N) is 1. The van der Waals surface area contributed by atoms with E-state index in [4.69, 9.17) is 0 Å². The zero-order valence-corrected chi connectivity index (χ0v) is 13.3. The van der Waals surface area contributed by atoms with Crippen molar-refractivity contribution in [2.45, 2.75) is 64.5 Å². The lowest BCUT2D eigenvalue weighted by Gasteiger charge is -2.38. The largest absolute Gasteiger partial charge is 0.313 e. The second-order valence-electron chi connectivity index (χ2n) is 6.98. The van der Waals surface area contributed by atoms with Crippen LogP contribution in [0.1, 0.15) is 52.4 Å². The number of sulfonamides is 1. The molecule has 0 aromatic heterocycles. The molecule has 1 heterocycles. The minimum Gasteiger partial charge on any atom is -0.313 e. The molecule has 2 fully saturated rings. The fraction of sp³-hybridized carbons (Fsp3) is 1.00. The first-order valence-electron chi connectivity index (χ1n) is 7.49. The molecule has 1 atom stereocenters. The van der Waals surface area contributed by atoms with Crippen molar-refractivity contribution in [3.05, 3.63) is 0 Å². The lowest BCUT2D eigenvalue weighted by atomic mass is 9.76. The predicted octanol–water partition coefficient (Wildman–Crippen LogP) is 1.97. The molecule has 0 radical (unpaired) electrons. The Morgan fingerprint density at radius 2 is 1.84 bits per heavy atom. The van der Waals surface area contributed by atoms with E-state index in [1.807, 2.05) is 0 Å². The second-order valence-corrected chi connectivity index (χ2v) is 9.06. The highest BCUT2D eigenvalue weighted by molar-refractivity contribution is 7.89. The summed E-state index contributed by atoms with van der Waals surface area (Å²) in [6.07, 6.45) is 6.34. The van der Waals surface area contributed by atoms with Gasteiger partial charge < -0.3 is 5.32 Å². The average molecular weight is 288 g/mol. The molecule has 1 saturated carbocycles. The molecule has 1 unspecified atom stereocenters. The molecule has 2 rings (SSSR count). The van der Waals surface area contributed by atoms with Crippen molar-refractivity contribution in [1.29, 1.82) is 0 Å². The van der Waals surface area contributed by atoms with Gasteiger partial charge in [-0.2, -0.15) is 0 Å². The molecule has 1 saturated heterocycles. The third-order valence-electron chi connectivity index (χ3n) is 4.84. The summed E-state index contributed by atoms with van der Waals surface area (Å²) in [4.78, 5) is 0. The van der Waals surface area contributed by atoms with Crippen molar-refractivity contribution in [2.24, 2.45) is 5.41 Å². The number of hydrogen-bond acceptors (Lipinski definition) is 3. The minimum absolute atomic E-state index is 0.160. The number of hydrogen-bond donors (Lipinski definition) is 1. The van der Waals surface area contributed by atoms with Crippen LogP contribution in [-0.2, 0) is 10.0 Å². The maximum Gasteiger partial charge on any atom is 0.215 e. The first-order valence-corrected chi connectivity index (χ1v) is 9.10. The monoisotopic (exact) mass is 288 g/mol. The van der Waals surface area contributed by atoms with Gasteiger partial charge in [-0.15, -0.1) is 0 Å². The Morgan fingerprint density at radius 3 is 2.37 bits per heavy atom. The molecule has 0 amide bonds. The van der Waals surface area contributed by atoms with Crippen molar-refractivity contribution in [3.8, 4) is 0 Å². The molecule has 0 aromatic rings. The van der Waals surface area contributed by atoms with E-state index in [9.17, 15) is 8.42 Å². The van der Waals surface area contributed by atoms with Gasteiger partial charge in [-0.3, -0.25) is 0 Å². The van der Waals surface area contributed by atoms with Crippen LogP contribution in [0, 0.1) is 5.41 Å². The van der Waals surface area contributed by atoms with Crippen molar-refractivity contribution in [1.82, 2.24) is 9.62 Å². The number of nitrogens with one attached hydrogen (secondary N) is 1. The van der Waals surface area contributed by atoms with Gasteiger partial charge in [-0.25, -0.2) is 12.7 Å². The second kappa shape index (κ2) is 5.70. The zero-order chi connectivity index (χ0) is 14.1. The van der Waals surface area contributed by atoms with E-state index in [0.29, 0.717) is 5.41 Å². The molecule has 0 aromatic carbocycles. The maximum absolute atomic E-state index is 12.4. The van der Waals surface area contributed by atoms with Gasteiger partial charge in [-0.05, 0) is 50.5 Å². The van der Waals surface area contributed by atoms with E-state index in [-0.39, 0.29) is 17.8 Å². The summed E-state index contributed by atoms with van der Waals surface area (Å²) in [6.45, 7) is 5.52. The highest BCUT2D eigenvalue weighted by atomic mass is 32.2. The molecule has 0 bridgehead atoms. The van der Waals surface area contributed by atoms with E-state index in [2.05, 4.69) is 19.2 Å². The van der Waals surface area contributed by atoms with Gasteiger partial charge in [0.2, 0.25) is 10.0 Å². The Labute approximate surface area is 118 Å². The Kier molecular flexibility index (Phi) is 4.58. The van der Waals surface area contributed by atoms with Crippen LogP contribution in [0.4, 0.5) is 0 Å². The molecular formula is C14H28N2O2S. The first-order chi connectivity index (χ1) is 8.80. The lowest BCUT2D eigenvalue weighted by molar-refractivity contribution is 0.174. The molecule has 1 N–H and O–H groups in total. The molecular weight excluding hydrogens is 260 g/mol. The summed E-state index contributed by atoms with van der Waals surface area (Å²) in [5.41, 5.74) is 0.383. The number of rotatable bonds is 4. The highest BCUT2D eigenvalue weighted by Gasteiger charge is 2.34. The lowest BCUT2D eigenvalue weighted by Crippen LogP contribution is -2.44. The molecule has 19 heavy (non-hydrogen) atoms. The third kappa shape index (κ3) is 3.92. The molecule has 112 valence electrons. The van der Waals surface area contributed by atoms with Crippen LogP contribution in [0.15, 0.2) is 0 Å². The highest BCUT2D eigenvalue weighted by Crippen LogP contribution is 2.37. The average Bonchev–Trinajstić information content (AvgIpc) is 2.80. The van der Waals surface area contributed by atoms with Gasteiger partial charge in [0.05, 0.1) is 5.75 Å². The minimum atomic E-state index is -3.11. The summed E-state index contributed by atoms with van der Waals surface area (Å²) in [5.74, 6) is 0.267. The quantitative estimate of drug-likeness (QED) is 0.860. The van der Waals surface area contributed by atoms with Gasteiger partial charge in [0.1, 0.15) is 0 Å². The van der Waals surface area contributed by atoms with E-state index < -0.39 is 10.0 Å². The van der Waals surface area contributed by atoms with E-state index >= 15 is 0 Å². The Hall–Kier alpha value is -0.130. The van der Waals surface area contributed by atoms with Crippen molar-refractivity contribution < 1.29 is 8.42 Å². The maximum atomic E-state index is 12.4. The standard InChI is InChI=1S/C14H28N2O2S/c1-14(2)8-6-13(7-9-14)16(3)19(17,18)11-12-5-4-10-15-12/h12-13,15H,4-11H2,1-3H3. The Morgan fingerprint density at radius 1 is 1.21 bits per heavy atom. The molecule has 2 aliphatic rings. The smallest absolute Gasteiger partial charge is 0.215 e. The van der Waals surface area contributed by atoms with Crippen LogP contribution < -0.4 is 5.32 Å². The van der Waals surface area contributed by atoms with E-state index in [1.54, 1.807) is 11.4 Å². The van der Waals surface area contributed by atoms with Crippen LogP contribution in [-0.4, -0.2) is 44.2 Å². The van der Waals surface area contributed by atoms with Crippen LogP contribution >= 0.6 is 0 Å². The van der Waals surface area contributed by atoms with Gasteiger partial charge in [0, 0.05) is 19.1 Å². The molecule has 1 aliphatic heterocycles. The van der Waals surface area contributed by atoms with Crippen molar-refractivity contribution in [2.75, 3.05) is 19.3 Å². The van der Waals surface area contributed by atoms with Gasteiger partial charge >= 0.3 is 0 Å². The summed E-state index contributed by atoms with van der Waals surface area (Å²) in [5, 5.41) is 3.28. The normalized spacial score (nSPS) is 28.9. The van der Waals surface area contributed by atoms with E-state index in [1.165, 1.54) is 0 Å². The van der Waals surface area contributed by atoms with Crippen LogP contribution in [0.5, 0.6) is 0 Å². The summed E-state index contributed by atoms with van der Waals surface area (Å²) < 4.78 is 26.5. The van der Waals surface area contributed by atoms with Gasteiger partial charge in [-0.1, -0.05) is 13.8 Å². The molecule has 4 nitrogen and oxygen atoms in total. The molecule has 5 heteroatoms. The SMILES string of the molecule is CN(C1CCC(C)(C)CC1)S(=O)(=O)CC1CCCN1. The Bertz CT molecular complexity index is 390. The van der Waals surface area contributed by atoms with E-state index in [0.717, 1.165) is 45.1 Å². The van der Waals surface area contributed by atoms with Crippen molar-refractivity contribution >= 4 is 10.0 Å². The van der Waals surface area contributed by atoms with Crippen LogP contribution in [0.3, 0.4) is 0 Å². The van der Waals surface area contributed by atoms with Crippen LogP contribution in [0.25, 0.3) is 0 Å². The fourth-order valence-corrected chi connectivity index (χ4v) is 4.94. The summed E-state index contributed by atoms with van der Waals surface area (Å²) >= 11 is 0. The summed E-state index contributed by atoms with van der Waals surface area (Å²) in [7, 11) is -1.34. The van der Waals surface area contributed by atoms with Crippen LogP contribution in [0.2, 0.25) is 0 Å². The fourth-order valence-electron chi connectivity index (χ4n) is 3.25.